The molecule has 2 aromatic rings. The van der Waals surface area contributed by atoms with Crippen LogP contribution in [0.25, 0.3) is 0 Å². The summed E-state index contributed by atoms with van der Waals surface area (Å²) in [5.41, 5.74) is -0.0801. The van der Waals surface area contributed by atoms with Crippen LogP contribution in [0.5, 0.6) is 11.5 Å². The number of thiophene rings is 1. The molecule has 140 valence electrons. The number of nitrogens with zero attached hydrogens (tertiary/aromatic N) is 2. The molecule has 0 unspecified atom stereocenters. The Balaban J connectivity index is 2.46. The Morgan fingerprint density at radius 1 is 1.31 bits per heavy atom. The molecule has 0 radical (unpaired) electrons. The predicted molar refractivity (Wildman–Crippen MR) is 99.2 cm³/mol. The fraction of sp³-hybridized carbons (Fsp3) is 0.312. The zero-order valence-corrected chi connectivity index (χ0v) is 15.9. The zero-order valence-electron chi connectivity index (χ0n) is 14.2. The summed E-state index contributed by atoms with van der Waals surface area (Å²) in [6.45, 7) is 4.18. The van der Waals surface area contributed by atoms with Crippen molar-refractivity contribution in [3.63, 3.8) is 0 Å². The van der Waals surface area contributed by atoms with Gasteiger partial charge in [-0.05, 0) is 30.9 Å². The molecule has 0 bridgehead atoms. The number of hydrogen-bond acceptors (Lipinski definition) is 7. The van der Waals surface area contributed by atoms with Crippen molar-refractivity contribution < 1.29 is 22.8 Å². The SMILES string of the molecule is CCCOc1c(OCC)cc(/C=N\S(=O)(=O)c2cccs2)cc1[N+](=O)[O-]. The molecule has 10 heteroatoms. The van der Waals surface area contributed by atoms with Crippen LogP contribution >= 0.6 is 11.3 Å². The van der Waals surface area contributed by atoms with Crippen molar-refractivity contribution in [1.82, 2.24) is 0 Å². The van der Waals surface area contributed by atoms with Crippen LogP contribution in [0.1, 0.15) is 25.8 Å². The highest BCUT2D eigenvalue weighted by Crippen LogP contribution is 2.38. The van der Waals surface area contributed by atoms with Gasteiger partial charge >= 0.3 is 5.69 Å². The van der Waals surface area contributed by atoms with Gasteiger partial charge < -0.3 is 9.47 Å². The quantitative estimate of drug-likeness (QED) is 0.362. The van der Waals surface area contributed by atoms with Crippen molar-refractivity contribution in [2.24, 2.45) is 4.40 Å². The van der Waals surface area contributed by atoms with Crippen LogP contribution in [0.4, 0.5) is 5.69 Å². The molecule has 8 nitrogen and oxygen atoms in total. The number of nitro benzene ring substituents is 1. The van der Waals surface area contributed by atoms with E-state index in [2.05, 4.69) is 4.40 Å². The molecule has 0 N–H and O–H groups in total. The first kappa shape index (κ1) is 19.9. The molecule has 0 amide bonds. The van der Waals surface area contributed by atoms with E-state index in [1.807, 2.05) is 6.92 Å². The molecular weight excluding hydrogens is 380 g/mol. The summed E-state index contributed by atoms with van der Waals surface area (Å²) in [5, 5.41) is 13.0. The highest BCUT2D eigenvalue weighted by molar-refractivity contribution is 7.92. The maximum atomic E-state index is 12.1. The first-order valence-corrected chi connectivity index (χ1v) is 10.1. The van der Waals surface area contributed by atoms with Gasteiger partial charge in [0.15, 0.2) is 5.75 Å². The van der Waals surface area contributed by atoms with Crippen LogP contribution in [0.2, 0.25) is 0 Å². The topological polar surface area (TPSA) is 108 Å². The van der Waals surface area contributed by atoms with Gasteiger partial charge in [0.05, 0.1) is 18.1 Å². The third-order valence-corrected chi connectivity index (χ3v) is 5.70. The lowest BCUT2D eigenvalue weighted by Crippen LogP contribution is -2.04. The van der Waals surface area contributed by atoms with E-state index in [1.54, 1.807) is 18.4 Å². The normalized spacial score (nSPS) is 11.6. The van der Waals surface area contributed by atoms with Crippen LogP contribution in [0.15, 0.2) is 38.3 Å². The van der Waals surface area contributed by atoms with Gasteiger partial charge in [0, 0.05) is 17.8 Å². The fourth-order valence-corrected chi connectivity index (χ4v) is 3.87. The molecule has 0 aliphatic rings. The molecule has 2 rings (SSSR count). The number of ether oxygens (including phenoxy) is 2. The van der Waals surface area contributed by atoms with Gasteiger partial charge in [0.25, 0.3) is 10.0 Å². The summed E-state index contributed by atoms with van der Waals surface area (Å²) in [6, 6.07) is 5.72. The highest BCUT2D eigenvalue weighted by atomic mass is 32.2. The van der Waals surface area contributed by atoms with Crippen molar-refractivity contribution in [2.45, 2.75) is 24.5 Å². The van der Waals surface area contributed by atoms with E-state index in [1.165, 1.54) is 18.2 Å². The molecule has 0 spiro atoms. The smallest absolute Gasteiger partial charge is 0.315 e. The molecular formula is C16H18N2O6S2. The second kappa shape index (κ2) is 8.77. The van der Waals surface area contributed by atoms with Gasteiger partial charge in [-0.25, -0.2) is 0 Å². The molecule has 1 aromatic heterocycles. The third-order valence-electron chi connectivity index (χ3n) is 3.09. The molecule has 0 fully saturated rings. The first-order valence-electron chi connectivity index (χ1n) is 7.81. The minimum Gasteiger partial charge on any atom is -0.490 e. The molecule has 0 saturated carbocycles. The molecule has 1 aromatic carbocycles. The molecule has 0 aliphatic carbocycles. The van der Waals surface area contributed by atoms with Crippen LogP contribution in [0, 0.1) is 10.1 Å². The van der Waals surface area contributed by atoms with Crippen LogP contribution in [-0.4, -0.2) is 32.8 Å². The average molecular weight is 398 g/mol. The lowest BCUT2D eigenvalue weighted by Gasteiger charge is -2.12. The van der Waals surface area contributed by atoms with E-state index in [4.69, 9.17) is 9.47 Å². The molecule has 0 saturated heterocycles. The average Bonchev–Trinajstić information content (AvgIpc) is 3.14. The molecule has 0 aliphatic heterocycles. The summed E-state index contributed by atoms with van der Waals surface area (Å²) in [4.78, 5) is 10.8. The number of benzene rings is 1. The maximum Gasteiger partial charge on any atom is 0.315 e. The van der Waals surface area contributed by atoms with Gasteiger partial charge in [-0.15, -0.1) is 11.3 Å². The second-order valence-electron chi connectivity index (χ2n) is 5.05. The van der Waals surface area contributed by atoms with Crippen LogP contribution in [-0.2, 0) is 10.0 Å². The van der Waals surface area contributed by atoms with E-state index in [-0.39, 0.29) is 33.6 Å². The van der Waals surface area contributed by atoms with Gasteiger partial charge in [-0.1, -0.05) is 13.0 Å². The van der Waals surface area contributed by atoms with Crippen molar-refractivity contribution >= 4 is 33.3 Å². The third kappa shape index (κ3) is 4.79. The number of hydrogen-bond donors (Lipinski definition) is 0. The number of sulfonamides is 1. The Labute approximate surface area is 155 Å². The monoisotopic (exact) mass is 398 g/mol. The van der Waals surface area contributed by atoms with Gasteiger partial charge in [-0.3, -0.25) is 10.1 Å². The summed E-state index contributed by atoms with van der Waals surface area (Å²) in [6.07, 6.45) is 1.74. The summed E-state index contributed by atoms with van der Waals surface area (Å²) < 4.78 is 38.8. The summed E-state index contributed by atoms with van der Waals surface area (Å²) >= 11 is 1.04. The van der Waals surface area contributed by atoms with Crippen molar-refractivity contribution in [3.05, 3.63) is 45.3 Å². The summed E-state index contributed by atoms with van der Waals surface area (Å²) in [5.74, 6) is 0.196. The van der Waals surface area contributed by atoms with E-state index in [0.717, 1.165) is 17.6 Å². The van der Waals surface area contributed by atoms with E-state index in [9.17, 15) is 18.5 Å². The van der Waals surface area contributed by atoms with E-state index in [0.29, 0.717) is 13.0 Å². The zero-order chi connectivity index (χ0) is 19.2. The second-order valence-corrected chi connectivity index (χ2v) is 7.85. The Kier molecular flexibility index (Phi) is 6.70. The maximum absolute atomic E-state index is 12.1. The van der Waals surface area contributed by atoms with E-state index >= 15 is 0 Å². The summed E-state index contributed by atoms with van der Waals surface area (Å²) in [7, 11) is -3.85. The lowest BCUT2D eigenvalue weighted by atomic mass is 10.2. The van der Waals surface area contributed by atoms with Crippen molar-refractivity contribution in [3.8, 4) is 11.5 Å². The van der Waals surface area contributed by atoms with Gasteiger partial charge in [-0.2, -0.15) is 12.8 Å². The van der Waals surface area contributed by atoms with Crippen LogP contribution < -0.4 is 9.47 Å². The van der Waals surface area contributed by atoms with Crippen LogP contribution in [0.3, 0.4) is 0 Å². The van der Waals surface area contributed by atoms with Crippen molar-refractivity contribution in [2.75, 3.05) is 13.2 Å². The molecule has 0 atom stereocenters. The first-order chi connectivity index (χ1) is 12.4. The molecule has 26 heavy (non-hydrogen) atoms. The predicted octanol–water partition coefficient (Wildman–Crippen LogP) is 3.65. The van der Waals surface area contributed by atoms with E-state index < -0.39 is 14.9 Å². The Morgan fingerprint density at radius 2 is 2.08 bits per heavy atom. The minimum absolute atomic E-state index is 0.0250. The highest BCUT2D eigenvalue weighted by Gasteiger charge is 2.22. The minimum atomic E-state index is -3.85. The largest absolute Gasteiger partial charge is 0.490 e. The number of nitro groups is 1. The Hall–Kier alpha value is -2.46. The molecule has 1 heterocycles. The van der Waals surface area contributed by atoms with Gasteiger partial charge in [0.2, 0.25) is 5.75 Å². The Bertz CT molecular complexity index is 892. The van der Waals surface area contributed by atoms with Gasteiger partial charge in [0.1, 0.15) is 4.21 Å². The fourth-order valence-electron chi connectivity index (χ4n) is 2.02. The van der Waals surface area contributed by atoms with Crippen molar-refractivity contribution in [1.29, 1.82) is 0 Å². The standard InChI is InChI=1S/C16H18N2O6S2/c1-3-7-24-16-13(18(19)20)9-12(10-14(16)23-4-2)11-17-26(21,22)15-6-5-8-25-15/h5-6,8-11H,3-4,7H2,1-2H3/b17-11-. The Morgan fingerprint density at radius 3 is 2.65 bits per heavy atom. The lowest BCUT2D eigenvalue weighted by molar-refractivity contribution is -0.386. The number of rotatable bonds is 9.